The highest BCUT2D eigenvalue weighted by Gasteiger charge is 2.11. The summed E-state index contributed by atoms with van der Waals surface area (Å²) in [7, 11) is 3.53. The molecule has 0 radical (unpaired) electrons. The van der Waals surface area contributed by atoms with Crippen molar-refractivity contribution in [1.82, 2.24) is 9.88 Å². The Kier molecular flexibility index (Phi) is 5.31. The second-order valence-corrected chi connectivity index (χ2v) is 5.38. The molecule has 1 N–H and O–H groups in total. The first-order valence-electron chi connectivity index (χ1n) is 6.49. The van der Waals surface area contributed by atoms with Crippen LogP contribution in [0.3, 0.4) is 0 Å². The normalized spacial score (nSPS) is 13.1. The fourth-order valence-corrected chi connectivity index (χ4v) is 2.56. The van der Waals surface area contributed by atoms with Crippen molar-refractivity contribution in [3.63, 3.8) is 0 Å². The van der Waals surface area contributed by atoms with Gasteiger partial charge in [0.25, 0.3) is 0 Å². The minimum absolute atomic E-state index is 0.332. The second kappa shape index (κ2) is 6.99. The number of hydrogen-bond donors (Lipinski definition) is 1. The number of pyridine rings is 1. The largest absolute Gasteiger partial charge is 0.389 e. The summed E-state index contributed by atoms with van der Waals surface area (Å²) in [6.07, 6.45) is 1.28. The SMILES string of the molecule is COCC(O)CN(C)Cc1cc(Cl)cc2cccnc12. The lowest BCUT2D eigenvalue weighted by Gasteiger charge is -2.20. The number of ether oxygens (including phenoxy) is 1. The lowest BCUT2D eigenvalue weighted by Crippen LogP contribution is -2.31. The zero-order valence-corrected chi connectivity index (χ0v) is 12.5. The number of rotatable bonds is 6. The van der Waals surface area contributed by atoms with Crippen molar-refractivity contribution in [2.75, 3.05) is 27.3 Å². The Morgan fingerprint density at radius 1 is 1.45 bits per heavy atom. The monoisotopic (exact) mass is 294 g/mol. The van der Waals surface area contributed by atoms with Crippen LogP contribution in [0.15, 0.2) is 30.5 Å². The van der Waals surface area contributed by atoms with Crippen LogP contribution in [0.1, 0.15) is 5.56 Å². The van der Waals surface area contributed by atoms with Gasteiger partial charge in [0, 0.05) is 36.8 Å². The van der Waals surface area contributed by atoms with Gasteiger partial charge in [-0.15, -0.1) is 0 Å². The van der Waals surface area contributed by atoms with Gasteiger partial charge >= 0.3 is 0 Å². The van der Waals surface area contributed by atoms with E-state index in [0.717, 1.165) is 16.5 Å². The smallest absolute Gasteiger partial charge is 0.0900 e. The average molecular weight is 295 g/mol. The highest BCUT2D eigenvalue weighted by molar-refractivity contribution is 6.31. The summed E-state index contributed by atoms with van der Waals surface area (Å²) in [6, 6.07) is 7.73. The number of aliphatic hydroxyl groups excluding tert-OH is 1. The molecule has 0 fully saturated rings. The number of halogens is 1. The second-order valence-electron chi connectivity index (χ2n) is 4.95. The maximum atomic E-state index is 9.76. The van der Waals surface area contributed by atoms with Gasteiger partial charge in [0.15, 0.2) is 0 Å². The molecular formula is C15H19ClN2O2. The van der Waals surface area contributed by atoms with Crippen molar-refractivity contribution in [1.29, 1.82) is 0 Å². The highest BCUT2D eigenvalue weighted by Crippen LogP contribution is 2.23. The third kappa shape index (κ3) is 3.90. The van der Waals surface area contributed by atoms with Crippen molar-refractivity contribution >= 4 is 22.5 Å². The Morgan fingerprint density at radius 2 is 2.25 bits per heavy atom. The maximum Gasteiger partial charge on any atom is 0.0900 e. The quantitative estimate of drug-likeness (QED) is 0.888. The lowest BCUT2D eigenvalue weighted by molar-refractivity contribution is 0.0419. The summed E-state index contributed by atoms with van der Waals surface area (Å²) in [6.45, 7) is 1.54. The molecule has 1 unspecified atom stereocenters. The molecule has 1 aromatic carbocycles. The van der Waals surface area contributed by atoms with Gasteiger partial charge in [-0.25, -0.2) is 0 Å². The van der Waals surface area contributed by atoms with Gasteiger partial charge in [-0.05, 0) is 30.8 Å². The van der Waals surface area contributed by atoms with E-state index in [9.17, 15) is 5.11 Å². The first kappa shape index (κ1) is 15.2. The van der Waals surface area contributed by atoms with Crippen LogP contribution >= 0.6 is 11.6 Å². The Morgan fingerprint density at radius 3 is 3.00 bits per heavy atom. The number of methoxy groups -OCH3 is 1. The lowest BCUT2D eigenvalue weighted by atomic mass is 10.1. The molecule has 0 aliphatic rings. The van der Waals surface area contributed by atoms with E-state index in [1.54, 1.807) is 13.3 Å². The van der Waals surface area contributed by atoms with Gasteiger partial charge in [-0.2, -0.15) is 0 Å². The number of hydrogen-bond acceptors (Lipinski definition) is 4. The third-order valence-electron chi connectivity index (χ3n) is 3.07. The third-order valence-corrected chi connectivity index (χ3v) is 3.29. The van der Waals surface area contributed by atoms with Gasteiger partial charge in [-0.1, -0.05) is 17.7 Å². The van der Waals surface area contributed by atoms with Crippen LogP contribution in [0.5, 0.6) is 0 Å². The van der Waals surface area contributed by atoms with E-state index >= 15 is 0 Å². The van der Waals surface area contributed by atoms with Crippen LogP contribution in [-0.4, -0.2) is 48.4 Å². The molecule has 1 aromatic heterocycles. The molecule has 20 heavy (non-hydrogen) atoms. The zero-order valence-electron chi connectivity index (χ0n) is 11.7. The molecule has 0 saturated carbocycles. The topological polar surface area (TPSA) is 45.6 Å². The first-order valence-corrected chi connectivity index (χ1v) is 6.86. The standard InChI is InChI=1S/C15H19ClN2O2/c1-18(9-14(19)10-20-2)8-12-7-13(16)6-11-4-3-5-17-15(11)12/h3-7,14,19H,8-10H2,1-2H3. The summed E-state index contributed by atoms with van der Waals surface area (Å²) in [4.78, 5) is 6.45. The van der Waals surface area contributed by atoms with Crippen LogP contribution in [0, 0.1) is 0 Å². The van der Waals surface area contributed by atoms with Gasteiger partial charge < -0.3 is 9.84 Å². The minimum atomic E-state index is -0.497. The number of nitrogens with zero attached hydrogens (tertiary/aromatic N) is 2. The van der Waals surface area contributed by atoms with Crippen LogP contribution in [0.4, 0.5) is 0 Å². The van der Waals surface area contributed by atoms with Crippen molar-refractivity contribution < 1.29 is 9.84 Å². The van der Waals surface area contributed by atoms with Gasteiger partial charge in [0.1, 0.15) is 0 Å². The van der Waals surface area contributed by atoms with Crippen molar-refractivity contribution in [3.8, 4) is 0 Å². The average Bonchev–Trinajstić information content (AvgIpc) is 2.38. The molecule has 1 atom stereocenters. The molecule has 0 aliphatic carbocycles. The molecule has 1 heterocycles. The van der Waals surface area contributed by atoms with Crippen LogP contribution in [0.25, 0.3) is 10.9 Å². The molecular weight excluding hydrogens is 276 g/mol. The Hall–Kier alpha value is -1.20. The van der Waals surface area contributed by atoms with E-state index in [2.05, 4.69) is 4.98 Å². The van der Waals surface area contributed by atoms with Crippen molar-refractivity contribution in [2.24, 2.45) is 0 Å². The van der Waals surface area contributed by atoms with Crippen molar-refractivity contribution in [3.05, 3.63) is 41.0 Å². The molecule has 0 amide bonds. The summed E-state index contributed by atoms with van der Waals surface area (Å²) < 4.78 is 4.93. The predicted molar refractivity (Wildman–Crippen MR) is 81.0 cm³/mol. The van der Waals surface area contributed by atoms with Gasteiger partial charge in [0.2, 0.25) is 0 Å². The summed E-state index contributed by atoms with van der Waals surface area (Å²) in [5, 5.41) is 11.5. The van der Waals surface area contributed by atoms with Crippen LogP contribution in [-0.2, 0) is 11.3 Å². The Balaban J connectivity index is 2.16. The molecule has 4 nitrogen and oxygen atoms in total. The number of aliphatic hydroxyl groups is 1. The van der Waals surface area contributed by atoms with E-state index in [1.807, 2.05) is 36.2 Å². The van der Waals surface area contributed by atoms with E-state index in [1.165, 1.54) is 0 Å². The number of likely N-dealkylation sites (N-methyl/N-ethyl adjacent to an activating group) is 1. The van der Waals surface area contributed by atoms with Crippen LogP contribution < -0.4 is 0 Å². The fourth-order valence-electron chi connectivity index (χ4n) is 2.31. The molecule has 0 saturated heterocycles. The van der Waals surface area contributed by atoms with E-state index < -0.39 is 6.10 Å². The number of benzene rings is 1. The molecule has 0 aliphatic heterocycles. The molecule has 2 aromatic rings. The van der Waals surface area contributed by atoms with Gasteiger partial charge in [0.05, 0.1) is 18.2 Å². The number of fused-ring (bicyclic) bond motifs is 1. The molecule has 2 rings (SSSR count). The minimum Gasteiger partial charge on any atom is -0.389 e. The first-order chi connectivity index (χ1) is 9.60. The maximum absolute atomic E-state index is 9.76. The van der Waals surface area contributed by atoms with E-state index in [0.29, 0.717) is 24.7 Å². The molecule has 0 spiro atoms. The Bertz CT molecular complexity index is 577. The summed E-state index contributed by atoms with van der Waals surface area (Å²) in [5.41, 5.74) is 2.00. The summed E-state index contributed by atoms with van der Waals surface area (Å²) in [5.74, 6) is 0. The molecule has 0 bridgehead atoms. The van der Waals surface area contributed by atoms with E-state index in [4.69, 9.17) is 16.3 Å². The fraction of sp³-hybridized carbons (Fsp3) is 0.400. The predicted octanol–water partition coefficient (Wildman–Crippen LogP) is 2.33. The van der Waals surface area contributed by atoms with Crippen LogP contribution in [0.2, 0.25) is 5.02 Å². The zero-order chi connectivity index (χ0) is 14.5. The Labute approximate surface area is 123 Å². The number of aromatic nitrogens is 1. The molecule has 5 heteroatoms. The highest BCUT2D eigenvalue weighted by atomic mass is 35.5. The summed E-state index contributed by atoms with van der Waals surface area (Å²) >= 11 is 6.15. The van der Waals surface area contributed by atoms with Gasteiger partial charge in [-0.3, -0.25) is 9.88 Å². The van der Waals surface area contributed by atoms with Crippen molar-refractivity contribution in [2.45, 2.75) is 12.6 Å². The molecule has 108 valence electrons. The van der Waals surface area contributed by atoms with E-state index in [-0.39, 0.29) is 0 Å².